The first kappa shape index (κ1) is 16.4. The first-order chi connectivity index (χ1) is 12.7. The normalized spacial score (nSPS) is 16.2. The number of fused-ring (bicyclic) bond motifs is 1. The van der Waals surface area contributed by atoms with Crippen LogP contribution >= 0.6 is 0 Å². The summed E-state index contributed by atoms with van der Waals surface area (Å²) in [4.78, 5) is 27.7. The molecule has 2 aliphatic rings. The highest BCUT2D eigenvalue weighted by atomic mass is 16.6. The van der Waals surface area contributed by atoms with Crippen molar-refractivity contribution in [3.63, 3.8) is 0 Å². The van der Waals surface area contributed by atoms with Gasteiger partial charge in [0.15, 0.2) is 0 Å². The van der Waals surface area contributed by atoms with E-state index in [9.17, 15) is 9.59 Å². The van der Waals surface area contributed by atoms with Gasteiger partial charge in [-0.2, -0.15) is 0 Å². The number of carbonyl (C=O) groups excluding carboxylic acids is 2. The van der Waals surface area contributed by atoms with Gasteiger partial charge in [0.05, 0.1) is 6.42 Å². The van der Waals surface area contributed by atoms with E-state index in [-0.39, 0.29) is 12.0 Å². The number of hydrogen-bond acceptors (Lipinski definition) is 4. The summed E-state index contributed by atoms with van der Waals surface area (Å²) in [5.74, 6) is 0.0446. The lowest BCUT2D eigenvalue weighted by molar-refractivity contribution is -0.115. The van der Waals surface area contributed by atoms with Gasteiger partial charge in [0.1, 0.15) is 6.61 Å². The monoisotopic (exact) mass is 351 g/mol. The third-order valence-electron chi connectivity index (χ3n) is 4.82. The lowest BCUT2D eigenvalue weighted by Crippen LogP contribution is -2.48. The van der Waals surface area contributed by atoms with Crippen LogP contribution in [0.1, 0.15) is 11.1 Å². The van der Waals surface area contributed by atoms with Crippen molar-refractivity contribution in [2.45, 2.75) is 13.0 Å². The molecule has 2 aromatic carbocycles. The van der Waals surface area contributed by atoms with E-state index in [0.29, 0.717) is 26.1 Å². The summed E-state index contributed by atoms with van der Waals surface area (Å²) in [5.41, 5.74) is 4.03. The Hall–Kier alpha value is -3.02. The minimum Gasteiger partial charge on any atom is -0.445 e. The highest BCUT2D eigenvalue weighted by molar-refractivity contribution is 5.99. The molecular formula is C20H21N3O3. The topological polar surface area (TPSA) is 61.9 Å². The zero-order chi connectivity index (χ0) is 17.9. The van der Waals surface area contributed by atoms with Crippen LogP contribution in [0, 0.1) is 0 Å². The van der Waals surface area contributed by atoms with Gasteiger partial charge in [-0.15, -0.1) is 0 Å². The van der Waals surface area contributed by atoms with E-state index in [4.69, 9.17) is 4.74 Å². The Kier molecular flexibility index (Phi) is 4.48. The molecule has 6 nitrogen and oxygen atoms in total. The highest BCUT2D eigenvalue weighted by Crippen LogP contribution is 2.28. The highest BCUT2D eigenvalue weighted by Gasteiger charge is 2.24. The molecule has 26 heavy (non-hydrogen) atoms. The van der Waals surface area contributed by atoms with Crippen molar-refractivity contribution in [3.05, 3.63) is 59.7 Å². The molecule has 0 unspecified atom stereocenters. The number of nitrogens with one attached hydrogen (secondary N) is 1. The van der Waals surface area contributed by atoms with Gasteiger partial charge in [-0.1, -0.05) is 30.3 Å². The predicted molar refractivity (Wildman–Crippen MR) is 99.2 cm³/mol. The van der Waals surface area contributed by atoms with Crippen molar-refractivity contribution in [3.8, 4) is 0 Å². The molecule has 0 aromatic heterocycles. The van der Waals surface area contributed by atoms with E-state index in [1.54, 1.807) is 4.90 Å². The summed E-state index contributed by atoms with van der Waals surface area (Å²) in [5, 5.41) is 2.85. The molecule has 4 rings (SSSR count). The van der Waals surface area contributed by atoms with Crippen molar-refractivity contribution < 1.29 is 14.3 Å². The van der Waals surface area contributed by atoms with Gasteiger partial charge in [-0.05, 0) is 29.3 Å². The molecule has 2 heterocycles. The second kappa shape index (κ2) is 7.07. The molecule has 2 amide bonds. The molecule has 0 aliphatic carbocycles. The van der Waals surface area contributed by atoms with Gasteiger partial charge < -0.3 is 19.9 Å². The fourth-order valence-electron chi connectivity index (χ4n) is 3.37. The first-order valence-electron chi connectivity index (χ1n) is 8.82. The summed E-state index contributed by atoms with van der Waals surface area (Å²) in [6.07, 6.45) is 0.173. The number of anilines is 2. The number of benzene rings is 2. The van der Waals surface area contributed by atoms with Gasteiger partial charge in [0.2, 0.25) is 5.91 Å². The van der Waals surface area contributed by atoms with E-state index in [2.05, 4.69) is 16.3 Å². The lowest BCUT2D eigenvalue weighted by Gasteiger charge is -2.35. The fourth-order valence-corrected chi connectivity index (χ4v) is 3.37. The number of ether oxygens (including phenoxy) is 1. The van der Waals surface area contributed by atoms with Crippen LogP contribution in [0.15, 0.2) is 48.5 Å². The van der Waals surface area contributed by atoms with E-state index in [1.807, 2.05) is 42.5 Å². The third kappa shape index (κ3) is 3.49. The van der Waals surface area contributed by atoms with Crippen LogP contribution in [-0.2, 0) is 22.6 Å². The molecule has 2 aromatic rings. The Morgan fingerprint density at radius 3 is 2.58 bits per heavy atom. The van der Waals surface area contributed by atoms with Crippen molar-refractivity contribution >= 4 is 23.4 Å². The lowest BCUT2D eigenvalue weighted by atomic mass is 10.1. The smallest absolute Gasteiger partial charge is 0.410 e. The van der Waals surface area contributed by atoms with Crippen LogP contribution in [0.4, 0.5) is 16.2 Å². The predicted octanol–water partition coefficient (Wildman–Crippen LogP) is 2.64. The van der Waals surface area contributed by atoms with E-state index in [0.717, 1.165) is 35.6 Å². The molecule has 134 valence electrons. The summed E-state index contributed by atoms with van der Waals surface area (Å²) in [7, 11) is 0. The second-order valence-electron chi connectivity index (χ2n) is 6.58. The van der Waals surface area contributed by atoms with Gasteiger partial charge in [-0.25, -0.2) is 4.79 Å². The molecule has 1 N–H and O–H groups in total. The number of nitrogens with zero attached hydrogens (tertiary/aromatic N) is 2. The van der Waals surface area contributed by atoms with Crippen LogP contribution in [0.25, 0.3) is 0 Å². The molecule has 2 aliphatic heterocycles. The number of hydrogen-bond donors (Lipinski definition) is 1. The number of carbonyl (C=O) groups is 2. The van der Waals surface area contributed by atoms with Crippen molar-refractivity contribution in [1.82, 2.24) is 4.90 Å². The van der Waals surface area contributed by atoms with Crippen LogP contribution in [0.3, 0.4) is 0 Å². The van der Waals surface area contributed by atoms with Gasteiger partial charge >= 0.3 is 6.09 Å². The standard InChI is InChI=1S/C20H21N3O3/c24-19-13-16-12-17(6-7-18(16)21-19)22-8-10-23(11-9-22)20(25)26-14-15-4-2-1-3-5-15/h1-7,12H,8-11,13-14H2,(H,21,24). The average molecular weight is 351 g/mol. The number of piperazine rings is 1. The fraction of sp³-hybridized carbons (Fsp3) is 0.300. The largest absolute Gasteiger partial charge is 0.445 e. The van der Waals surface area contributed by atoms with Crippen LogP contribution in [-0.4, -0.2) is 43.1 Å². The van der Waals surface area contributed by atoms with Gasteiger partial charge in [-0.3, -0.25) is 4.79 Å². The molecule has 6 heteroatoms. The van der Waals surface area contributed by atoms with Crippen molar-refractivity contribution in [2.24, 2.45) is 0 Å². The number of amides is 2. The summed E-state index contributed by atoms with van der Waals surface area (Å²) < 4.78 is 5.40. The van der Waals surface area contributed by atoms with Crippen LogP contribution < -0.4 is 10.2 Å². The Morgan fingerprint density at radius 1 is 1.04 bits per heavy atom. The summed E-state index contributed by atoms with van der Waals surface area (Å²) in [6, 6.07) is 15.7. The van der Waals surface area contributed by atoms with Crippen LogP contribution in [0.2, 0.25) is 0 Å². The molecule has 1 saturated heterocycles. The minimum absolute atomic E-state index is 0.0446. The maximum Gasteiger partial charge on any atom is 0.410 e. The first-order valence-corrected chi connectivity index (χ1v) is 8.82. The molecule has 0 spiro atoms. The number of rotatable bonds is 3. The quantitative estimate of drug-likeness (QED) is 0.923. The molecule has 1 fully saturated rings. The average Bonchev–Trinajstić information content (AvgIpc) is 3.06. The molecule has 0 atom stereocenters. The third-order valence-corrected chi connectivity index (χ3v) is 4.82. The van der Waals surface area contributed by atoms with Gasteiger partial charge in [0.25, 0.3) is 0 Å². The second-order valence-corrected chi connectivity index (χ2v) is 6.58. The van der Waals surface area contributed by atoms with E-state index in [1.165, 1.54) is 0 Å². The Morgan fingerprint density at radius 2 is 1.81 bits per heavy atom. The van der Waals surface area contributed by atoms with Gasteiger partial charge in [0, 0.05) is 37.6 Å². The maximum atomic E-state index is 12.2. The Bertz CT molecular complexity index is 814. The molecule has 0 saturated carbocycles. The summed E-state index contributed by atoms with van der Waals surface area (Å²) >= 11 is 0. The Balaban J connectivity index is 1.31. The van der Waals surface area contributed by atoms with Crippen LogP contribution in [0.5, 0.6) is 0 Å². The molecule has 0 radical (unpaired) electrons. The van der Waals surface area contributed by atoms with Crippen molar-refractivity contribution in [2.75, 3.05) is 36.4 Å². The maximum absolute atomic E-state index is 12.2. The SMILES string of the molecule is O=C1Cc2cc(N3CCN(C(=O)OCc4ccccc4)CC3)ccc2N1. The van der Waals surface area contributed by atoms with E-state index < -0.39 is 0 Å². The van der Waals surface area contributed by atoms with Crippen molar-refractivity contribution in [1.29, 1.82) is 0 Å². The van der Waals surface area contributed by atoms with E-state index >= 15 is 0 Å². The zero-order valence-electron chi connectivity index (χ0n) is 14.5. The minimum atomic E-state index is -0.266. The Labute approximate surface area is 152 Å². The summed E-state index contributed by atoms with van der Waals surface area (Å²) in [6.45, 7) is 3.05. The molecule has 0 bridgehead atoms. The zero-order valence-corrected chi connectivity index (χ0v) is 14.5. The molecular weight excluding hydrogens is 330 g/mol.